The van der Waals surface area contributed by atoms with Gasteiger partial charge in [0.05, 0.1) is 5.41 Å². The first-order valence-corrected chi connectivity index (χ1v) is 8.98. The summed E-state index contributed by atoms with van der Waals surface area (Å²) < 4.78 is 0. The van der Waals surface area contributed by atoms with E-state index >= 15 is 0 Å². The van der Waals surface area contributed by atoms with Crippen LogP contribution in [0.1, 0.15) is 60.3 Å². The van der Waals surface area contributed by atoms with Crippen molar-refractivity contribution in [3.63, 3.8) is 0 Å². The summed E-state index contributed by atoms with van der Waals surface area (Å²) in [5.41, 5.74) is 5.12. The van der Waals surface area contributed by atoms with Crippen LogP contribution in [-0.4, -0.2) is 42.9 Å². The van der Waals surface area contributed by atoms with E-state index in [4.69, 9.17) is 5.73 Å². The number of likely N-dealkylation sites (tertiary alicyclic amines) is 1. The lowest BCUT2D eigenvalue weighted by molar-refractivity contribution is -0.144. The predicted molar refractivity (Wildman–Crippen MR) is 93.8 cm³/mol. The van der Waals surface area contributed by atoms with Crippen LogP contribution < -0.4 is 11.1 Å². The second-order valence-corrected chi connectivity index (χ2v) is 7.91. The number of carbonyl (C=O) groups is 2. The summed E-state index contributed by atoms with van der Waals surface area (Å²) in [6.45, 7) is 12.4. The minimum absolute atomic E-state index is 0.0689. The van der Waals surface area contributed by atoms with Crippen molar-refractivity contribution in [2.45, 2.75) is 60.3 Å². The quantitative estimate of drug-likeness (QED) is 0.786. The first kappa shape index (κ1) is 19.9. The van der Waals surface area contributed by atoms with Gasteiger partial charge in [-0.05, 0) is 31.6 Å². The second kappa shape index (κ2) is 8.13. The van der Waals surface area contributed by atoms with Gasteiger partial charge in [-0.3, -0.25) is 9.59 Å². The van der Waals surface area contributed by atoms with Crippen LogP contribution in [0.15, 0.2) is 0 Å². The largest absolute Gasteiger partial charge is 0.355 e. The average Bonchev–Trinajstić information content (AvgIpc) is 2.54. The van der Waals surface area contributed by atoms with Crippen LogP contribution in [-0.2, 0) is 9.59 Å². The first-order chi connectivity index (χ1) is 10.7. The lowest BCUT2D eigenvalue weighted by atomic mass is 9.80. The van der Waals surface area contributed by atoms with Crippen molar-refractivity contribution >= 4 is 11.8 Å². The van der Waals surface area contributed by atoms with Crippen LogP contribution in [0.5, 0.6) is 0 Å². The molecule has 1 saturated heterocycles. The molecule has 0 spiro atoms. The topological polar surface area (TPSA) is 75.4 Å². The fourth-order valence-electron chi connectivity index (χ4n) is 3.18. The summed E-state index contributed by atoms with van der Waals surface area (Å²) in [5.74, 6) is 0.597. The van der Waals surface area contributed by atoms with Crippen molar-refractivity contribution in [1.29, 1.82) is 0 Å². The van der Waals surface area contributed by atoms with Gasteiger partial charge in [-0.15, -0.1) is 0 Å². The molecular formula is C18H35N3O2. The summed E-state index contributed by atoms with van der Waals surface area (Å²) in [7, 11) is 0. The van der Waals surface area contributed by atoms with Crippen molar-refractivity contribution in [2.24, 2.45) is 22.5 Å². The van der Waals surface area contributed by atoms with Crippen LogP contribution in [0, 0.1) is 16.7 Å². The highest BCUT2D eigenvalue weighted by Gasteiger charge is 2.38. The molecule has 0 aromatic heterocycles. The number of nitrogens with one attached hydrogen (secondary N) is 1. The third kappa shape index (κ3) is 4.93. The van der Waals surface area contributed by atoms with E-state index < -0.39 is 5.41 Å². The van der Waals surface area contributed by atoms with E-state index in [1.807, 2.05) is 39.5 Å². The molecule has 2 amide bonds. The fraction of sp³-hybridized carbons (Fsp3) is 0.889. The monoisotopic (exact) mass is 325 g/mol. The van der Waals surface area contributed by atoms with E-state index in [-0.39, 0.29) is 17.2 Å². The average molecular weight is 325 g/mol. The van der Waals surface area contributed by atoms with Gasteiger partial charge < -0.3 is 16.0 Å². The third-order valence-corrected chi connectivity index (χ3v) is 5.24. The highest BCUT2D eigenvalue weighted by atomic mass is 16.2. The molecule has 134 valence electrons. The number of hydrogen-bond donors (Lipinski definition) is 2. The van der Waals surface area contributed by atoms with Crippen molar-refractivity contribution in [3.05, 3.63) is 0 Å². The Morgan fingerprint density at radius 2 is 1.83 bits per heavy atom. The van der Waals surface area contributed by atoms with E-state index in [2.05, 4.69) is 5.32 Å². The summed E-state index contributed by atoms with van der Waals surface area (Å²) in [5, 5.41) is 3.03. The molecule has 1 fully saturated rings. The SMILES string of the molecule is CCC(CC)(CN)C(=O)N1CCCC(CNC(=O)C(C)(C)C)C1. The molecular weight excluding hydrogens is 290 g/mol. The molecule has 1 aliphatic heterocycles. The molecule has 0 saturated carbocycles. The number of carbonyl (C=O) groups excluding carboxylic acids is 2. The Balaban J connectivity index is 2.64. The van der Waals surface area contributed by atoms with Crippen LogP contribution in [0.4, 0.5) is 0 Å². The maximum Gasteiger partial charge on any atom is 0.230 e. The summed E-state index contributed by atoms with van der Waals surface area (Å²) in [6.07, 6.45) is 3.61. The van der Waals surface area contributed by atoms with Crippen LogP contribution >= 0.6 is 0 Å². The molecule has 3 N–H and O–H groups in total. The Hall–Kier alpha value is -1.10. The third-order valence-electron chi connectivity index (χ3n) is 5.24. The molecule has 1 unspecified atom stereocenters. The van der Waals surface area contributed by atoms with Crippen LogP contribution in [0.2, 0.25) is 0 Å². The minimum atomic E-state index is -0.420. The number of hydrogen-bond acceptors (Lipinski definition) is 3. The van der Waals surface area contributed by atoms with E-state index in [9.17, 15) is 9.59 Å². The van der Waals surface area contributed by atoms with Crippen molar-refractivity contribution < 1.29 is 9.59 Å². The molecule has 0 aliphatic carbocycles. The van der Waals surface area contributed by atoms with Gasteiger partial charge >= 0.3 is 0 Å². The van der Waals surface area contributed by atoms with E-state index in [1.54, 1.807) is 0 Å². The van der Waals surface area contributed by atoms with Gasteiger partial charge in [0.2, 0.25) is 11.8 Å². The maximum absolute atomic E-state index is 12.9. The van der Waals surface area contributed by atoms with Crippen molar-refractivity contribution in [3.8, 4) is 0 Å². The van der Waals surface area contributed by atoms with Gasteiger partial charge in [0, 0.05) is 31.6 Å². The molecule has 5 nitrogen and oxygen atoms in total. The van der Waals surface area contributed by atoms with Crippen LogP contribution in [0.25, 0.3) is 0 Å². The molecule has 0 bridgehead atoms. The Morgan fingerprint density at radius 1 is 1.22 bits per heavy atom. The summed E-state index contributed by atoms with van der Waals surface area (Å²) in [4.78, 5) is 26.9. The Labute approximate surface area is 141 Å². The Kier molecular flexibility index (Phi) is 7.05. The molecule has 0 radical (unpaired) electrons. The first-order valence-electron chi connectivity index (χ1n) is 8.98. The number of amides is 2. The fourth-order valence-corrected chi connectivity index (χ4v) is 3.18. The van der Waals surface area contributed by atoms with Crippen molar-refractivity contribution in [2.75, 3.05) is 26.2 Å². The van der Waals surface area contributed by atoms with E-state index in [1.165, 1.54) is 0 Å². The molecule has 23 heavy (non-hydrogen) atoms. The second-order valence-electron chi connectivity index (χ2n) is 7.91. The molecule has 1 aliphatic rings. The number of rotatable bonds is 6. The van der Waals surface area contributed by atoms with Gasteiger partial charge in [-0.2, -0.15) is 0 Å². The molecule has 1 atom stereocenters. The van der Waals surface area contributed by atoms with Crippen LogP contribution in [0.3, 0.4) is 0 Å². The van der Waals surface area contributed by atoms with E-state index in [0.29, 0.717) is 19.0 Å². The predicted octanol–water partition coefficient (Wildman–Crippen LogP) is 2.15. The zero-order chi connectivity index (χ0) is 17.7. The van der Waals surface area contributed by atoms with E-state index in [0.717, 1.165) is 38.8 Å². The Bertz CT molecular complexity index is 403. The Morgan fingerprint density at radius 3 is 2.30 bits per heavy atom. The molecule has 0 aromatic carbocycles. The number of nitrogens with two attached hydrogens (primary N) is 1. The molecule has 0 aromatic rings. The lowest BCUT2D eigenvalue weighted by Gasteiger charge is -2.39. The minimum Gasteiger partial charge on any atom is -0.355 e. The van der Waals surface area contributed by atoms with Gasteiger partial charge in [0.1, 0.15) is 0 Å². The van der Waals surface area contributed by atoms with Gasteiger partial charge in [-0.1, -0.05) is 34.6 Å². The van der Waals surface area contributed by atoms with Gasteiger partial charge in [0.15, 0.2) is 0 Å². The maximum atomic E-state index is 12.9. The molecule has 1 rings (SSSR count). The zero-order valence-corrected chi connectivity index (χ0v) is 15.6. The normalized spacial score (nSPS) is 19.6. The molecule has 1 heterocycles. The summed E-state index contributed by atoms with van der Waals surface area (Å²) >= 11 is 0. The number of piperidine rings is 1. The molecule has 5 heteroatoms. The standard InChI is InChI=1S/C18H35N3O2/c1-6-18(7-2,13-19)16(23)21-10-8-9-14(12-21)11-20-15(22)17(3,4)5/h14H,6-13,19H2,1-5H3,(H,20,22). The summed E-state index contributed by atoms with van der Waals surface area (Å²) in [6, 6.07) is 0. The zero-order valence-electron chi connectivity index (χ0n) is 15.6. The number of nitrogens with zero attached hydrogens (tertiary/aromatic N) is 1. The van der Waals surface area contributed by atoms with Gasteiger partial charge in [0.25, 0.3) is 0 Å². The smallest absolute Gasteiger partial charge is 0.230 e. The highest BCUT2D eigenvalue weighted by Crippen LogP contribution is 2.30. The highest BCUT2D eigenvalue weighted by molar-refractivity contribution is 5.83. The van der Waals surface area contributed by atoms with Gasteiger partial charge in [-0.25, -0.2) is 0 Å². The lowest BCUT2D eigenvalue weighted by Crippen LogP contribution is -2.52. The van der Waals surface area contributed by atoms with Crippen molar-refractivity contribution in [1.82, 2.24) is 10.2 Å².